The first-order valence-electron chi connectivity index (χ1n) is 30.0. The highest BCUT2D eigenvalue weighted by Crippen LogP contribution is 2.18. The van der Waals surface area contributed by atoms with Crippen molar-refractivity contribution in [3.63, 3.8) is 0 Å². The molecule has 0 amide bonds. The molecular formula is C60H116O6. The Balaban J connectivity index is 4.25. The molecule has 6 nitrogen and oxygen atoms in total. The molecule has 0 N–H and O–H groups in total. The molecule has 0 saturated carbocycles. The summed E-state index contributed by atoms with van der Waals surface area (Å²) in [5.41, 5.74) is 0. The first-order chi connectivity index (χ1) is 32.5. The molecule has 0 rings (SSSR count). The Morgan fingerprint density at radius 2 is 0.409 bits per heavy atom. The lowest BCUT2D eigenvalue weighted by Gasteiger charge is -2.18. The van der Waals surface area contributed by atoms with Crippen LogP contribution in [0.1, 0.15) is 348 Å². The zero-order valence-corrected chi connectivity index (χ0v) is 45.0. The number of hydrogen-bond donors (Lipinski definition) is 0. The van der Waals surface area contributed by atoms with Gasteiger partial charge in [-0.25, -0.2) is 0 Å². The number of carbonyl (C=O) groups is 3. The normalized spacial score (nSPS) is 11.9. The van der Waals surface area contributed by atoms with Crippen molar-refractivity contribution < 1.29 is 28.6 Å². The van der Waals surface area contributed by atoms with Crippen molar-refractivity contribution in [2.45, 2.75) is 354 Å². The van der Waals surface area contributed by atoms with E-state index >= 15 is 0 Å². The number of ether oxygens (including phenoxy) is 3. The van der Waals surface area contributed by atoms with E-state index < -0.39 is 6.10 Å². The first kappa shape index (κ1) is 64.4. The largest absolute Gasteiger partial charge is 0.462 e. The molecule has 0 saturated heterocycles. The van der Waals surface area contributed by atoms with Crippen LogP contribution in [0.25, 0.3) is 0 Å². The molecule has 0 fully saturated rings. The maximum atomic E-state index is 12.9. The van der Waals surface area contributed by atoms with Crippen LogP contribution in [0, 0.1) is 0 Å². The molecule has 66 heavy (non-hydrogen) atoms. The average Bonchev–Trinajstić information content (AvgIpc) is 3.31. The van der Waals surface area contributed by atoms with Gasteiger partial charge in [-0.15, -0.1) is 0 Å². The fraction of sp³-hybridized carbons (Fsp3) is 0.950. The highest BCUT2D eigenvalue weighted by Gasteiger charge is 2.19. The lowest BCUT2D eigenvalue weighted by molar-refractivity contribution is -0.167. The van der Waals surface area contributed by atoms with E-state index in [4.69, 9.17) is 14.2 Å². The Bertz CT molecular complexity index is 982. The van der Waals surface area contributed by atoms with Crippen LogP contribution in [0.15, 0.2) is 0 Å². The summed E-state index contributed by atoms with van der Waals surface area (Å²) < 4.78 is 16.9. The molecule has 0 aliphatic heterocycles. The van der Waals surface area contributed by atoms with Gasteiger partial charge in [0.05, 0.1) is 0 Å². The van der Waals surface area contributed by atoms with Gasteiger partial charge in [0.15, 0.2) is 6.10 Å². The van der Waals surface area contributed by atoms with E-state index in [9.17, 15) is 14.4 Å². The zero-order valence-electron chi connectivity index (χ0n) is 45.0. The number of rotatable bonds is 56. The van der Waals surface area contributed by atoms with Gasteiger partial charge in [-0.1, -0.05) is 310 Å². The molecule has 0 bridgehead atoms. The van der Waals surface area contributed by atoms with Crippen molar-refractivity contribution in [2.24, 2.45) is 0 Å². The lowest BCUT2D eigenvalue weighted by Crippen LogP contribution is -2.30. The second-order valence-corrected chi connectivity index (χ2v) is 20.6. The first-order valence-corrected chi connectivity index (χ1v) is 30.0. The van der Waals surface area contributed by atoms with Gasteiger partial charge in [-0.05, 0) is 19.3 Å². The van der Waals surface area contributed by atoms with Crippen molar-refractivity contribution >= 4 is 17.9 Å². The summed E-state index contributed by atoms with van der Waals surface area (Å²) in [5, 5.41) is 0. The molecule has 0 spiro atoms. The van der Waals surface area contributed by atoms with E-state index in [0.717, 1.165) is 57.8 Å². The lowest BCUT2D eigenvalue weighted by atomic mass is 10.0. The van der Waals surface area contributed by atoms with Crippen LogP contribution in [0.5, 0.6) is 0 Å². The van der Waals surface area contributed by atoms with Gasteiger partial charge >= 0.3 is 17.9 Å². The van der Waals surface area contributed by atoms with E-state index in [1.807, 2.05) is 0 Å². The van der Waals surface area contributed by atoms with Gasteiger partial charge < -0.3 is 14.2 Å². The predicted molar refractivity (Wildman–Crippen MR) is 284 cm³/mol. The Kier molecular flexibility index (Phi) is 54.7. The molecule has 0 aliphatic rings. The molecule has 0 aromatic heterocycles. The molecule has 6 heteroatoms. The standard InChI is InChI=1S/C60H116O6/c1-4-7-10-13-16-19-22-25-27-29-30-32-33-35-38-41-44-47-50-53-59(62)65-56-57(55-64-58(61)52-49-46-43-40-37-24-21-18-15-12-9-6-3)66-60(63)54-51-48-45-42-39-36-34-31-28-26-23-20-17-14-11-8-5-2/h57H,4-56H2,1-3H3/t57-/m0/s1. The van der Waals surface area contributed by atoms with E-state index in [0.29, 0.717) is 19.3 Å². The van der Waals surface area contributed by atoms with Crippen molar-refractivity contribution in [1.82, 2.24) is 0 Å². The molecule has 0 heterocycles. The van der Waals surface area contributed by atoms with Crippen LogP contribution in [-0.2, 0) is 28.6 Å². The Labute approximate surface area is 412 Å². The molecule has 0 radical (unpaired) electrons. The Hall–Kier alpha value is -1.59. The van der Waals surface area contributed by atoms with Crippen LogP contribution in [0.3, 0.4) is 0 Å². The van der Waals surface area contributed by atoms with Gasteiger partial charge in [0.25, 0.3) is 0 Å². The van der Waals surface area contributed by atoms with Crippen LogP contribution in [-0.4, -0.2) is 37.2 Å². The van der Waals surface area contributed by atoms with E-state index in [1.54, 1.807) is 0 Å². The van der Waals surface area contributed by atoms with Crippen molar-refractivity contribution in [1.29, 1.82) is 0 Å². The van der Waals surface area contributed by atoms with Crippen molar-refractivity contribution in [3.05, 3.63) is 0 Å². The topological polar surface area (TPSA) is 78.9 Å². The minimum Gasteiger partial charge on any atom is -0.462 e. The fourth-order valence-corrected chi connectivity index (χ4v) is 9.33. The zero-order chi connectivity index (χ0) is 47.9. The summed E-state index contributed by atoms with van der Waals surface area (Å²) >= 11 is 0. The third-order valence-electron chi connectivity index (χ3n) is 13.9. The molecule has 0 aliphatic carbocycles. The highest BCUT2D eigenvalue weighted by atomic mass is 16.6. The predicted octanol–water partition coefficient (Wildman–Crippen LogP) is 19.9. The second kappa shape index (κ2) is 56.0. The molecule has 392 valence electrons. The summed E-state index contributed by atoms with van der Waals surface area (Å²) in [7, 11) is 0. The highest BCUT2D eigenvalue weighted by molar-refractivity contribution is 5.71. The maximum absolute atomic E-state index is 12.9. The molecular weight excluding hydrogens is 817 g/mol. The smallest absolute Gasteiger partial charge is 0.306 e. The van der Waals surface area contributed by atoms with Gasteiger partial charge in [0.1, 0.15) is 13.2 Å². The monoisotopic (exact) mass is 933 g/mol. The van der Waals surface area contributed by atoms with E-state index in [-0.39, 0.29) is 31.1 Å². The average molecular weight is 934 g/mol. The summed E-state index contributed by atoms with van der Waals surface area (Å²) in [5.74, 6) is -0.830. The number of esters is 3. The van der Waals surface area contributed by atoms with E-state index in [1.165, 1.54) is 250 Å². The number of unbranched alkanes of at least 4 members (excludes halogenated alkanes) is 45. The van der Waals surface area contributed by atoms with Gasteiger partial charge in [0.2, 0.25) is 0 Å². The van der Waals surface area contributed by atoms with Gasteiger partial charge in [0, 0.05) is 19.3 Å². The van der Waals surface area contributed by atoms with Crippen molar-refractivity contribution in [3.8, 4) is 0 Å². The summed E-state index contributed by atoms with van der Waals surface area (Å²) in [6, 6.07) is 0. The summed E-state index contributed by atoms with van der Waals surface area (Å²) in [4.78, 5) is 38.2. The molecule has 0 aromatic rings. The quantitative estimate of drug-likeness (QED) is 0.0343. The van der Waals surface area contributed by atoms with Crippen LogP contribution in [0.2, 0.25) is 0 Å². The van der Waals surface area contributed by atoms with Gasteiger partial charge in [-0.2, -0.15) is 0 Å². The minimum absolute atomic E-state index is 0.0609. The Morgan fingerprint density at radius 1 is 0.242 bits per heavy atom. The molecule has 1 atom stereocenters. The second-order valence-electron chi connectivity index (χ2n) is 20.6. The summed E-state index contributed by atoms with van der Waals surface area (Å²) in [6.45, 7) is 6.71. The number of carbonyl (C=O) groups excluding carboxylic acids is 3. The van der Waals surface area contributed by atoms with Crippen LogP contribution in [0.4, 0.5) is 0 Å². The van der Waals surface area contributed by atoms with Crippen LogP contribution < -0.4 is 0 Å². The summed E-state index contributed by atoms with van der Waals surface area (Å²) in [6.07, 6.45) is 62.4. The molecule has 0 aromatic carbocycles. The fourth-order valence-electron chi connectivity index (χ4n) is 9.33. The maximum Gasteiger partial charge on any atom is 0.306 e. The van der Waals surface area contributed by atoms with Crippen LogP contribution >= 0.6 is 0 Å². The molecule has 0 unspecified atom stereocenters. The number of hydrogen-bond acceptors (Lipinski definition) is 6. The van der Waals surface area contributed by atoms with Gasteiger partial charge in [-0.3, -0.25) is 14.4 Å². The third kappa shape index (κ3) is 53.4. The minimum atomic E-state index is -0.761. The Morgan fingerprint density at radius 3 is 0.606 bits per heavy atom. The SMILES string of the molecule is CCCCCCCCCCCCCCCCCCCCCC(=O)OC[C@H](COC(=O)CCCCCCCCCCCCCC)OC(=O)CCCCCCCCCCCCCCCCCCC. The van der Waals surface area contributed by atoms with E-state index in [2.05, 4.69) is 20.8 Å². The van der Waals surface area contributed by atoms with Crippen molar-refractivity contribution in [2.75, 3.05) is 13.2 Å². The third-order valence-corrected chi connectivity index (χ3v) is 13.9.